The first-order valence-corrected chi connectivity index (χ1v) is 8.65. The predicted octanol–water partition coefficient (Wildman–Crippen LogP) is 1.51. The highest BCUT2D eigenvalue weighted by Gasteiger charge is 2.30. The normalized spacial score (nSPS) is 12.4. The van der Waals surface area contributed by atoms with E-state index in [1.54, 1.807) is 6.07 Å². The molecule has 1 atom stereocenters. The van der Waals surface area contributed by atoms with Crippen LogP contribution in [0.1, 0.15) is 16.1 Å². The molecule has 4 N–H and O–H groups in total. The Balaban J connectivity index is 1.62. The van der Waals surface area contributed by atoms with E-state index in [-0.39, 0.29) is 18.1 Å². The molecule has 0 aliphatic rings. The zero-order valence-electron chi connectivity index (χ0n) is 15.3. The summed E-state index contributed by atoms with van der Waals surface area (Å²) in [6.07, 6.45) is -0.381. The number of aliphatic hydroxyl groups excluding tert-OH is 2. The number of alkyl halides is 3. The molecule has 0 radical (unpaired) electrons. The highest BCUT2D eigenvalue weighted by atomic mass is 19.4. The number of aliphatic hydroxyl groups is 2. The van der Waals surface area contributed by atoms with Crippen molar-refractivity contribution in [3.05, 3.63) is 60.3 Å². The fraction of sp³-hybridized carbons (Fsp3) is 0.222. The van der Waals surface area contributed by atoms with Crippen LogP contribution in [-0.2, 0) is 6.18 Å². The van der Waals surface area contributed by atoms with Gasteiger partial charge in [-0.15, -0.1) is 0 Å². The SMILES string of the molecule is O=C(NCC(O)CO)c1ccc(Nc2cnn(-c3ccc(C(F)(F)F)cn3)c2)cn1. The van der Waals surface area contributed by atoms with Crippen molar-refractivity contribution < 1.29 is 28.2 Å². The van der Waals surface area contributed by atoms with Crippen molar-refractivity contribution in [2.45, 2.75) is 12.3 Å². The molecule has 0 fully saturated rings. The Labute approximate surface area is 168 Å². The van der Waals surface area contributed by atoms with Gasteiger partial charge >= 0.3 is 6.18 Å². The minimum atomic E-state index is -4.46. The monoisotopic (exact) mass is 422 g/mol. The standard InChI is InChI=1S/C18H17F3N6O3/c19-18(20,21)11-1-4-16(23-5-11)27-9-13(7-25-27)26-12-2-3-15(22-6-12)17(30)24-8-14(29)10-28/h1-7,9,14,26,28-29H,8,10H2,(H,24,30). The molecule has 3 aromatic rings. The van der Waals surface area contributed by atoms with Gasteiger partial charge in [-0.3, -0.25) is 4.79 Å². The predicted molar refractivity (Wildman–Crippen MR) is 99.3 cm³/mol. The second-order valence-corrected chi connectivity index (χ2v) is 6.18. The van der Waals surface area contributed by atoms with Gasteiger partial charge < -0.3 is 20.8 Å². The van der Waals surface area contributed by atoms with E-state index in [9.17, 15) is 23.1 Å². The molecule has 9 nitrogen and oxygen atoms in total. The van der Waals surface area contributed by atoms with Crippen LogP contribution >= 0.6 is 0 Å². The lowest BCUT2D eigenvalue weighted by Crippen LogP contribution is -2.34. The molecule has 0 aliphatic carbocycles. The Morgan fingerprint density at radius 1 is 1.10 bits per heavy atom. The molecule has 0 aromatic carbocycles. The molecule has 0 bridgehead atoms. The van der Waals surface area contributed by atoms with Crippen molar-refractivity contribution in [2.75, 3.05) is 18.5 Å². The smallest absolute Gasteiger partial charge is 0.394 e. The average molecular weight is 422 g/mol. The first-order valence-electron chi connectivity index (χ1n) is 8.65. The van der Waals surface area contributed by atoms with E-state index in [1.807, 2.05) is 0 Å². The maximum atomic E-state index is 12.6. The zero-order valence-corrected chi connectivity index (χ0v) is 15.3. The van der Waals surface area contributed by atoms with Crippen LogP contribution in [0, 0.1) is 0 Å². The number of rotatable bonds is 7. The van der Waals surface area contributed by atoms with Crippen LogP contribution in [0.2, 0.25) is 0 Å². The van der Waals surface area contributed by atoms with Gasteiger partial charge in [-0.25, -0.2) is 14.6 Å². The number of pyridine rings is 2. The fourth-order valence-electron chi connectivity index (χ4n) is 2.34. The summed E-state index contributed by atoms with van der Waals surface area (Å²) in [5, 5.41) is 27.4. The van der Waals surface area contributed by atoms with Crippen molar-refractivity contribution in [1.29, 1.82) is 0 Å². The molecule has 0 spiro atoms. The number of halogens is 3. The van der Waals surface area contributed by atoms with E-state index in [2.05, 4.69) is 25.7 Å². The zero-order chi connectivity index (χ0) is 21.7. The Bertz CT molecular complexity index is 990. The number of hydrogen-bond acceptors (Lipinski definition) is 7. The van der Waals surface area contributed by atoms with Crippen molar-refractivity contribution >= 4 is 17.3 Å². The van der Waals surface area contributed by atoms with Gasteiger partial charge in [0, 0.05) is 12.7 Å². The molecule has 3 aromatic heterocycles. The summed E-state index contributed by atoms with van der Waals surface area (Å²) in [7, 11) is 0. The van der Waals surface area contributed by atoms with Crippen LogP contribution < -0.4 is 10.6 Å². The van der Waals surface area contributed by atoms with E-state index in [1.165, 1.54) is 35.4 Å². The molecule has 0 saturated heterocycles. The van der Waals surface area contributed by atoms with Crippen LogP contribution in [0.15, 0.2) is 49.1 Å². The summed E-state index contributed by atoms with van der Waals surface area (Å²) in [5.41, 5.74) is 0.344. The molecule has 1 unspecified atom stereocenters. The summed E-state index contributed by atoms with van der Waals surface area (Å²) in [5.74, 6) is -0.290. The molecular formula is C18H17F3N6O3. The summed E-state index contributed by atoms with van der Waals surface area (Å²) in [6.45, 7) is -0.569. The lowest BCUT2D eigenvalue weighted by Gasteiger charge is -2.09. The highest BCUT2D eigenvalue weighted by Crippen LogP contribution is 2.28. The van der Waals surface area contributed by atoms with Gasteiger partial charge in [0.2, 0.25) is 0 Å². The van der Waals surface area contributed by atoms with E-state index < -0.39 is 30.4 Å². The van der Waals surface area contributed by atoms with Crippen molar-refractivity contribution in [3.8, 4) is 5.82 Å². The number of hydrogen-bond donors (Lipinski definition) is 4. The Morgan fingerprint density at radius 2 is 1.90 bits per heavy atom. The lowest BCUT2D eigenvalue weighted by atomic mass is 10.3. The number of anilines is 2. The highest BCUT2D eigenvalue weighted by molar-refractivity contribution is 5.92. The number of amides is 1. The number of carbonyl (C=O) groups excluding carboxylic acids is 1. The first kappa shape index (κ1) is 21.2. The lowest BCUT2D eigenvalue weighted by molar-refractivity contribution is -0.137. The maximum absolute atomic E-state index is 12.6. The average Bonchev–Trinajstić information content (AvgIpc) is 3.20. The van der Waals surface area contributed by atoms with Crippen molar-refractivity contribution in [2.24, 2.45) is 0 Å². The molecule has 0 aliphatic heterocycles. The van der Waals surface area contributed by atoms with Gasteiger partial charge in [0.1, 0.15) is 5.69 Å². The van der Waals surface area contributed by atoms with Crippen LogP contribution in [0.3, 0.4) is 0 Å². The molecule has 3 rings (SSSR count). The van der Waals surface area contributed by atoms with Gasteiger partial charge in [0.25, 0.3) is 5.91 Å². The van der Waals surface area contributed by atoms with E-state index in [4.69, 9.17) is 5.11 Å². The second-order valence-electron chi connectivity index (χ2n) is 6.18. The van der Waals surface area contributed by atoms with Gasteiger partial charge in [-0.1, -0.05) is 0 Å². The summed E-state index contributed by atoms with van der Waals surface area (Å²) in [6, 6.07) is 5.19. The maximum Gasteiger partial charge on any atom is 0.417 e. The summed E-state index contributed by atoms with van der Waals surface area (Å²) < 4.78 is 39.2. The molecule has 30 heavy (non-hydrogen) atoms. The second kappa shape index (κ2) is 8.88. The Hall–Kier alpha value is -3.51. The number of nitrogens with one attached hydrogen (secondary N) is 2. The van der Waals surface area contributed by atoms with E-state index >= 15 is 0 Å². The van der Waals surface area contributed by atoms with Gasteiger partial charge in [0.15, 0.2) is 5.82 Å². The molecule has 3 heterocycles. The van der Waals surface area contributed by atoms with E-state index in [0.717, 1.165) is 12.3 Å². The van der Waals surface area contributed by atoms with Gasteiger partial charge in [0.05, 0.1) is 48.2 Å². The molecule has 158 valence electrons. The minimum absolute atomic E-state index is 0.103. The van der Waals surface area contributed by atoms with Gasteiger partial charge in [-0.2, -0.15) is 18.3 Å². The van der Waals surface area contributed by atoms with Crippen LogP contribution in [0.4, 0.5) is 24.5 Å². The first-order chi connectivity index (χ1) is 14.3. The van der Waals surface area contributed by atoms with Crippen LogP contribution in [-0.4, -0.2) is 55.1 Å². The molecule has 0 saturated carbocycles. The molecule has 12 heteroatoms. The molecule has 1 amide bonds. The Morgan fingerprint density at radius 3 is 2.50 bits per heavy atom. The third-order valence-electron chi connectivity index (χ3n) is 3.89. The number of nitrogens with zero attached hydrogens (tertiary/aromatic N) is 4. The summed E-state index contributed by atoms with van der Waals surface area (Å²) in [4.78, 5) is 19.7. The fourth-order valence-corrected chi connectivity index (χ4v) is 2.34. The topological polar surface area (TPSA) is 125 Å². The van der Waals surface area contributed by atoms with Crippen molar-refractivity contribution in [1.82, 2.24) is 25.1 Å². The third kappa shape index (κ3) is 5.30. The Kier molecular flexibility index (Phi) is 6.28. The number of aromatic nitrogens is 4. The van der Waals surface area contributed by atoms with Crippen molar-refractivity contribution in [3.63, 3.8) is 0 Å². The quantitative estimate of drug-likeness (QED) is 0.455. The summed E-state index contributed by atoms with van der Waals surface area (Å²) >= 11 is 0. The minimum Gasteiger partial charge on any atom is -0.394 e. The van der Waals surface area contributed by atoms with E-state index in [0.29, 0.717) is 11.4 Å². The largest absolute Gasteiger partial charge is 0.417 e. The number of carbonyl (C=O) groups is 1. The molecular weight excluding hydrogens is 405 g/mol. The van der Waals surface area contributed by atoms with Crippen LogP contribution in [0.5, 0.6) is 0 Å². The third-order valence-corrected chi connectivity index (χ3v) is 3.89. The van der Waals surface area contributed by atoms with Crippen LogP contribution in [0.25, 0.3) is 5.82 Å². The van der Waals surface area contributed by atoms with Gasteiger partial charge in [-0.05, 0) is 24.3 Å².